The zero-order chi connectivity index (χ0) is 29.3. The Morgan fingerprint density at radius 2 is 0.833 bits per heavy atom. The van der Waals surface area contributed by atoms with Crippen molar-refractivity contribution < 1.29 is 19.1 Å². The molecule has 0 aromatic heterocycles. The highest BCUT2D eigenvalue weighted by molar-refractivity contribution is 6.00. The molecule has 6 nitrogen and oxygen atoms in total. The molecule has 42 heavy (non-hydrogen) atoms. The summed E-state index contributed by atoms with van der Waals surface area (Å²) in [5.41, 5.74) is 4.48. The maximum Gasteiger partial charge on any atom is 0.252 e. The van der Waals surface area contributed by atoms with Crippen molar-refractivity contribution in [3.05, 3.63) is 167 Å². The van der Waals surface area contributed by atoms with Gasteiger partial charge in [0.2, 0.25) is 0 Å². The van der Waals surface area contributed by atoms with Crippen molar-refractivity contribution >= 4 is 11.8 Å². The zero-order valence-corrected chi connectivity index (χ0v) is 23.5. The van der Waals surface area contributed by atoms with Crippen molar-refractivity contribution in [3.8, 4) is 11.5 Å². The minimum absolute atomic E-state index is 0.288. The number of ether oxygens (including phenoxy) is 2. The van der Waals surface area contributed by atoms with E-state index in [1.807, 2.05) is 109 Å². The van der Waals surface area contributed by atoms with Crippen LogP contribution in [0.4, 0.5) is 0 Å². The summed E-state index contributed by atoms with van der Waals surface area (Å²) in [7, 11) is 3.24. The average molecular weight is 557 g/mol. The van der Waals surface area contributed by atoms with Crippen LogP contribution in [-0.2, 0) is 0 Å². The molecular weight excluding hydrogens is 524 g/mol. The zero-order valence-electron chi connectivity index (χ0n) is 23.5. The predicted molar refractivity (Wildman–Crippen MR) is 164 cm³/mol. The maximum atomic E-state index is 13.5. The number of hydrogen-bond acceptors (Lipinski definition) is 4. The highest BCUT2D eigenvalue weighted by Gasteiger charge is 2.21. The van der Waals surface area contributed by atoms with Gasteiger partial charge in [-0.1, -0.05) is 91.0 Å². The summed E-state index contributed by atoms with van der Waals surface area (Å²) in [5, 5.41) is 6.30. The summed E-state index contributed by atoms with van der Waals surface area (Å²) >= 11 is 0. The molecule has 6 heteroatoms. The van der Waals surface area contributed by atoms with E-state index in [-0.39, 0.29) is 23.9 Å². The molecule has 2 amide bonds. The molecule has 5 rings (SSSR count). The quantitative estimate of drug-likeness (QED) is 0.200. The summed E-state index contributed by atoms with van der Waals surface area (Å²) in [6, 6.07) is 40.7. The second kappa shape index (κ2) is 13.3. The SMILES string of the molecule is COc1ccc([C@@H](NC(=O)c2cccc(C(=O)N[C@@H](c3ccccc3)c3ccc(OC)cc3)c2)c2ccccc2)cc1. The third-order valence-corrected chi connectivity index (χ3v) is 7.10. The lowest BCUT2D eigenvalue weighted by atomic mass is 9.97. The van der Waals surface area contributed by atoms with Crippen LogP contribution in [0.5, 0.6) is 11.5 Å². The van der Waals surface area contributed by atoms with Gasteiger partial charge >= 0.3 is 0 Å². The van der Waals surface area contributed by atoms with Gasteiger partial charge < -0.3 is 20.1 Å². The fourth-order valence-corrected chi connectivity index (χ4v) is 4.83. The van der Waals surface area contributed by atoms with Gasteiger partial charge in [0.05, 0.1) is 26.3 Å². The van der Waals surface area contributed by atoms with E-state index in [1.165, 1.54) is 0 Å². The monoisotopic (exact) mass is 556 g/mol. The smallest absolute Gasteiger partial charge is 0.252 e. The van der Waals surface area contributed by atoms with Crippen molar-refractivity contribution in [3.63, 3.8) is 0 Å². The van der Waals surface area contributed by atoms with Gasteiger partial charge in [0.1, 0.15) is 11.5 Å². The molecule has 0 bridgehead atoms. The first-order valence-corrected chi connectivity index (χ1v) is 13.7. The van der Waals surface area contributed by atoms with Crippen molar-refractivity contribution in [1.29, 1.82) is 0 Å². The number of nitrogens with one attached hydrogen (secondary N) is 2. The molecule has 0 aliphatic rings. The molecule has 0 aliphatic carbocycles. The first-order valence-electron chi connectivity index (χ1n) is 13.7. The molecule has 0 fully saturated rings. The maximum absolute atomic E-state index is 13.5. The highest BCUT2D eigenvalue weighted by atomic mass is 16.5. The van der Waals surface area contributed by atoms with E-state index in [0.717, 1.165) is 33.8 Å². The number of rotatable bonds is 10. The van der Waals surface area contributed by atoms with Crippen molar-refractivity contribution in [2.45, 2.75) is 12.1 Å². The van der Waals surface area contributed by atoms with Gasteiger partial charge in [-0.3, -0.25) is 9.59 Å². The molecule has 210 valence electrons. The Labute approximate surface area is 245 Å². The average Bonchev–Trinajstić information content (AvgIpc) is 3.07. The van der Waals surface area contributed by atoms with E-state index in [2.05, 4.69) is 10.6 Å². The van der Waals surface area contributed by atoms with Crippen LogP contribution in [0.15, 0.2) is 133 Å². The number of carbonyl (C=O) groups excluding carboxylic acids is 2. The fourth-order valence-electron chi connectivity index (χ4n) is 4.83. The summed E-state index contributed by atoms with van der Waals surface area (Å²) in [6.45, 7) is 0. The normalized spacial score (nSPS) is 12.0. The highest BCUT2D eigenvalue weighted by Crippen LogP contribution is 2.26. The van der Waals surface area contributed by atoms with E-state index in [9.17, 15) is 9.59 Å². The number of hydrogen-bond donors (Lipinski definition) is 2. The van der Waals surface area contributed by atoms with Gasteiger partial charge in [-0.05, 0) is 64.7 Å². The lowest BCUT2D eigenvalue weighted by Gasteiger charge is -2.21. The van der Waals surface area contributed by atoms with Gasteiger partial charge in [-0.15, -0.1) is 0 Å². The topological polar surface area (TPSA) is 76.7 Å². The van der Waals surface area contributed by atoms with Crippen molar-refractivity contribution in [2.24, 2.45) is 0 Å². The molecule has 0 heterocycles. The molecule has 0 unspecified atom stereocenters. The van der Waals surface area contributed by atoms with E-state index in [0.29, 0.717) is 11.1 Å². The minimum Gasteiger partial charge on any atom is -0.497 e. The lowest BCUT2D eigenvalue weighted by Crippen LogP contribution is -2.31. The molecule has 0 saturated carbocycles. The van der Waals surface area contributed by atoms with Crippen LogP contribution in [0.2, 0.25) is 0 Å². The molecule has 2 atom stereocenters. The summed E-state index contributed by atoms with van der Waals surface area (Å²) in [6.07, 6.45) is 0. The van der Waals surface area contributed by atoms with E-state index < -0.39 is 0 Å². The Morgan fingerprint density at radius 3 is 1.19 bits per heavy atom. The number of amides is 2. The Morgan fingerprint density at radius 1 is 0.476 bits per heavy atom. The van der Waals surface area contributed by atoms with Gasteiger partial charge in [0.15, 0.2) is 0 Å². The van der Waals surface area contributed by atoms with Gasteiger partial charge in [-0.2, -0.15) is 0 Å². The Balaban J connectivity index is 1.38. The standard InChI is InChI=1S/C36H32N2O4/c1-41-31-20-16-27(17-21-31)33(25-10-5-3-6-11-25)37-35(39)29-14-9-15-30(24-29)36(40)38-34(26-12-7-4-8-13-26)28-18-22-32(42-2)23-19-28/h3-24,33-34H,1-2H3,(H,37,39)(H,38,40)/t33-,34-/m0/s1. The van der Waals surface area contributed by atoms with Gasteiger partial charge in [-0.25, -0.2) is 0 Å². The summed E-state index contributed by atoms with van der Waals surface area (Å²) in [4.78, 5) is 27.1. The van der Waals surface area contributed by atoms with Gasteiger partial charge in [0, 0.05) is 11.1 Å². The van der Waals surface area contributed by atoms with Crippen LogP contribution in [0.3, 0.4) is 0 Å². The molecule has 5 aromatic carbocycles. The van der Waals surface area contributed by atoms with Crippen LogP contribution in [-0.4, -0.2) is 26.0 Å². The molecular formula is C36H32N2O4. The first-order chi connectivity index (χ1) is 20.6. The Kier molecular flexibility index (Phi) is 8.94. The number of methoxy groups -OCH3 is 2. The van der Waals surface area contributed by atoms with Crippen molar-refractivity contribution in [2.75, 3.05) is 14.2 Å². The molecule has 2 N–H and O–H groups in total. The predicted octanol–water partition coefficient (Wildman–Crippen LogP) is 6.74. The van der Waals surface area contributed by atoms with Crippen LogP contribution < -0.4 is 20.1 Å². The third kappa shape index (κ3) is 6.67. The number of benzene rings is 5. The molecule has 0 spiro atoms. The molecule has 5 aromatic rings. The van der Waals surface area contributed by atoms with Crippen molar-refractivity contribution in [1.82, 2.24) is 10.6 Å². The fraction of sp³-hybridized carbons (Fsp3) is 0.111. The van der Waals surface area contributed by atoms with Crippen LogP contribution in [0.25, 0.3) is 0 Å². The second-order valence-corrected chi connectivity index (χ2v) is 9.76. The Hall–Kier alpha value is -5.36. The second-order valence-electron chi connectivity index (χ2n) is 9.76. The summed E-state index contributed by atoms with van der Waals surface area (Å²) in [5.74, 6) is 0.895. The number of carbonyl (C=O) groups is 2. The third-order valence-electron chi connectivity index (χ3n) is 7.10. The molecule has 0 aliphatic heterocycles. The lowest BCUT2D eigenvalue weighted by molar-refractivity contribution is 0.0942. The van der Waals surface area contributed by atoms with E-state index >= 15 is 0 Å². The minimum atomic E-state index is -0.389. The van der Waals surface area contributed by atoms with E-state index in [4.69, 9.17) is 9.47 Å². The van der Waals surface area contributed by atoms with Crippen LogP contribution >= 0.6 is 0 Å². The molecule has 0 radical (unpaired) electrons. The first kappa shape index (κ1) is 28.2. The van der Waals surface area contributed by atoms with Crippen LogP contribution in [0.1, 0.15) is 55.1 Å². The Bertz CT molecular complexity index is 1500. The van der Waals surface area contributed by atoms with E-state index in [1.54, 1.807) is 38.5 Å². The molecule has 0 saturated heterocycles. The van der Waals surface area contributed by atoms with Gasteiger partial charge in [0.25, 0.3) is 11.8 Å². The van der Waals surface area contributed by atoms with Crippen LogP contribution in [0, 0.1) is 0 Å². The largest absolute Gasteiger partial charge is 0.497 e. The summed E-state index contributed by atoms with van der Waals surface area (Å²) < 4.78 is 10.6.